The molecule has 1 aromatic carbocycles. The van der Waals surface area contributed by atoms with Crippen molar-refractivity contribution in [3.05, 3.63) is 33.4 Å². The van der Waals surface area contributed by atoms with E-state index in [4.69, 9.17) is 5.73 Å². The SMILES string of the molecule is Cc1ccc([N+](=O)[O-])c([C@H](N)C2CCC2)c1O. The fourth-order valence-electron chi connectivity index (χ4n) is 2.23. The van der Waals surface area contributed by atoms with Crippen molar-refractivity contribution < 1.29 is 10.0 Å². The van der Waals surface area contributed by atoms with Crippen molar-refractivity contribution >= 4 is 5.69 Å². The molecule has 0 saturated heterocycles. The number of aryl methyl sites for hydroxylation is 1. The molecule has 1 aliphatic carbocycles. The average molecular weight is 236 g/mol. The van der Waals surface area contributed by atoms with E-state index in [1.54, 1.807) is 13.0 Å². The van der Waals surface area contributed by atoms with Crippen LogP contribution >= 0.6 is 0 Å². The Hall–Kier alpha value is -1.62. The van der Waals surface area contributed by atoms with Gasteiger partial charge in [-0.1, -0.05) is 6.42 Å². The standard InChI is InChI=1S/C12H16N2O3/c1-7-5-6-9(14(16)17)10(12(7)15)11(13)8-3-2-4-8/h5-6,8,11,15H,2-4,13H2,1H3/t11-/m1/s1. The van der Waals surface area contributed by atoms with E-state index < -0.39 is 11.0 Å². The summed E-state index contributed by atoms with van der Waals surface area (Å²) in [4.78, 5) is 10.5. The summed E-state index contributed by atoms with van der Waals surface area (Å²) < 4.78 is 0. The summed E-state index contributed by atoms with van der Waals surface area (Å²) in [6.45, 7) is 1.72. The Morgan fingerprint density at radius 2 is 2.18 bits per heavy atom. The Morgan fingerprint density at radius 1 is 1.53 bits per heavy atom. The Kier molecular flexibility index (Phi) is 3.02. The van der Waals surface area contributed by atoms with Crippen molar-refractivity contribution in [1.82, 2.24) is 0 Å². The van der Waals surface area contributed by atoms with Gasteiger partial charge in [0.25, 0.3) is 5.69 Å². The molecule has 5 heteroatoms. The van der Waals surface area contributed by atoms with Gasteiger partial charge in [0.15, 0.2) is 0 Å². The minimum Gasteiger partial charge on any atom is -0.507 e. The van der Waals surface area contributed by atoms with Crippen molar-refractivity contribution in [3.8, 4) is 5.75 Å². The smallest absolute Gasteiger partial charge is 0.277 e. The van der Waals surface area contributed by atoms with Crippen molar-refractivity contribution in [2.75, 3.05) is 0 Å². The number of hydrogen-bond donors (Lipinski definition) is 2. The minimum atomic E-state index is -0.479. The number of benzene rings is 1. The molecule has 0 amide bonds. The molecule has 17 heavy (non-hydrogen) atoms. The van der Waals surface area contributed by atoms with E-state index >= 15 is 0 Å². The fourth-order valence-corrected chi connectivity index (χ4v) is 2.23. The van der Waals surface area contributed by atoms with E-state index in [0.717, 1.165) is 19.3 Å². The molecule has 3 N–H and O–H groups in total. The largest absolute Gasteiger partial charge is 0.507 e. The van der Waals surface area contributed by atoms with Crippen LogP contribution in [0.2, 0.25) is 0 Å². The molecule has 2 rings (SSSR count). The highest BCUT2D eigenvalue weighted by Gasteiger charge is 2.32. The van der Waals surface area contributed by atoms with Crippen molar-refractivity contribution in [1.29, 1.82) is 0 Å². The quantitative estimate of drug-likeness (QED) is 0.623. The van der Waals surface area contributed by atoms with Gasteiger partial charge in [0, 0.05) is 12.1 Å². The second kappa shape index (κ2) is 4.33. The average Bonchev–Trinajstić information content (AvgIpc) is 2.18. The lowest BCUT2D eigenvalue weighted by Gasteiger charge is -2.31. The molecule has 1 aliphatic rings. The molecule has 0 bridgehead atoms. The second-order valence-electron chi connectivity index (χ2n) is 4.64. The van der Waals surface area contributed by atoms with Crippen LogP contribution in [0.3, 0.4) is 0 Å². The molecule has 0 aromatic heterocycles. The molecule has 1 saturated carbocycles. The summed E-state index contributed by atoms with van der Waals surface area (Å²) in [6.07, 6.45) is 3.07. The van der Waals surface area contributed by atoms with Crippen LogP contribution in [0.15, 0.2) is 12.1 Å². The first-order chi connectivity index (χ1) is 8.02. The molecule has 5 nitrogen and oxygen atoms in total. The normalized spacial score (nSPS) is 17.5. The first-order valence-corrected chi connectivity index (χ1v) is 5.74. The Labute approximate surface area is 99.4 Å². The van der Waals surface area contributed by atoms with Crippen LogP contribution in [0.1, 0.15) is 36.4 Å². The maximum Gasteiger partial charge on any atom is 0.277 e. The zero-order valence-corrected chi connectivity index (χ0v) is 9.72. The van der Waals surface area contributed by atoms with E-state index in [9.17, 15) is 15.2 Å². The van der Waals surface area contributed by atoms with Crippen LogP contribution in [0.25, 0.3) is 0 Å². The number of hydrogen-bond acceptors (Lipinski definition) is 4. The lowest BCUT2D eigenvalue weighted by molar-refractivity contribution is -0.385. The first kappa shape index (κ1) is 11.9. The van der Waals surface area contributed by atoms with Crippen LogP contribution in [-0.4, -0.2) is 10.0 Å². The number of phenols is 1. The van der Waals surface area contributed by atoms with E-state index in [0.29, 0.717) is 11.1 Å². The summed E-state index contributed by atoms with van der Waals surface area (Å²) in [6, 6.07) is 2.52. The Balaban J connectivity index is 2.48. The monoisotopic (exact) mass is 236 g/mol. The van der Waals surface area contributed by atoms with Gasteiger partial charge in [-0.05, 0) is 37.3 Å². The number of phenolic OH excluding ortho intramolecular Hbond substituents is 1. The zero-order chi connectivity index (χ0) is 12.6. The number of nitro groups is 1. The van der Waals surface area contributed by atoms with Gasteiger partial charge in [-0.3, -0.25) is 10.1 Å². The minimum absolute atomic E-state index is 0.0291. The molecule has 0 aliphatic heterocycles. The number of nitrogens with two attached hydrogens (primary N) is 1. The van der Waals surface area contributed by atoms with E-state index in [-0.39, 0.29) is 17.4 Å². The van der Waals surface area contributed by atoms with Gasteiger partial charge in [0.1, 0.15) is 5.75 Å². The zero-order valence-electron chi connectivity index (χ0n) is 9.72. The Bertz CT molecular complexity index is 455. The van der Waals surface area contributed by atoms with E-state index in [1.807, 2.05) is 0 Å². The molecule has 92 valence electrons. The summed E-state index contributed by atoms with van der Waals surface area (Å²) in [5, 5.41) is 20.9. The van der Waals surface area contributed by atoms with Crippen molar-refractivity contribution in [2.24, 2.45) is 11.7 Å². The maximum atomic E-state index is 11.0. The van der Waals surface area contributed by atoms with Crippen LogP contribution in [0.5, 0.6) is 5.75 Å². The molecule has 1 aromatic rings. The second-order valence-corrected chi connectivity index (χ2v) is 4.64. The van der Waals surface area contributed by atoms with Gasteiger partial charge < -0.3 is 10.8 Å². The topological polar surface area (TPSA) is 89.4 Å². The third-order valence-electron chi connectivity index (χ3n) is 3.58. The summed E-state index contributed by atoms with van der Waals surface area (Å²) in [7, 11) is 0. The van der Waals surface area contributed by atoms with Crippen molar-refractivity contribution in [2.45, 2.75) is 32.2 Å². The summed E-state index contributed by atoms with van der Waals surface area (Å²) in [5.74, 6) is 0.222. The van der Waals surface area contributed by atoms with E-state index in [1.165, 1.54) is 6.07 Å². The summed E-state index contributed by atoms with van der Waals surface area (Å²) >= 11 is 0. The first-order valence-electron chi connectivity index (χ1n) is 5.74. The maximum absolute atomic E-state index is 11.0. The number of nitrogens with zero attached hydrogens (tertiary/aromatic N) is 1. The molecular weight excluding hydrogens is 220 g/mol. The third-order valence-corrected chi connectivity index (χ3v) is 3.58. The molecular formula is C12H16N2O3. The predicted molar refractivity (Wildman–Crippen MR) is 63.8 cm³/mol. The van der Waals surface area contributed by atoms with Gasteiger partial charge in [0.05, 0.1) is 10.5 Å². The molecule has 1 atom stereocenters. The lowest BCUT2D eigenvalue weighted by Crippen LogP contribution is -2.27. The van der Waals surface area contributed by atoms with Gasteiger partial charge in [-0.2, -0.15) is 0 Å². The predicted octanol–water partition coefficient (Wildman–Crippen LogP) is 2.41. The number of rotatable bonds is 3. The van der Waals surface area contributed by atoms with E-state index in [2.05, 4.69) is 0 Å². The molecule has 1 fully saturated rings. The van der Waals surface area contributed by atoms with Crippen LogP contribution < -0.4 is 5.73 Å². The molecule has 0 unspecified atom stereocenters. The van der Waals surface area contributed by atoms with Gasteiger partial charge in [-0.25, -0.2) is 0 Å². The van der Waals surface area contributed by atoms with Crippen molar-refractivity contribution in [3.63, 3.8) is 0 Å². The number of aromatic hydroxyl groups is 1. The van der Waals surface area contributed by atoms with Crippen LogP contribution in [0, 0.1) is 23.0 Å². The fraction of sp³-hybridized carbons (Fsp3) is 0.500. The number of nitro benzene ring substituents is 1. The van der Waals surface area contributed by atoms with Gasteiger partial charge in [-0.15, -0.1) is 0 Å². The highest BCUT2D eigenvalue weighted by Crippen LogP contribution is 2.43. The molecule has 0 radical (unpaired) electrons. The van der Waals surface area contributed by atoms with Gasteiger partial charge >= 0.3 is 0 Å². The molecule has 0 heterocycles. The lowest BCUT2D eigenvalue weighted by atomic mass is 9.77. The van der Waals surface area contributed by atoms with Crippen LogP contribution in [0.4, 0.5) is 5.69 Å². The highest BCUT2D eigenvalue weighted by atomic mass is 16.6. The highest BCUT2D eigenvalue weighted by molar-refractivity contribution is 5.54. The third kappa shape index (κ3) is 1.98. The van der Waals surface area contributed by atoms with Gasteiger partial charge in [0.2, 0.25) is 0 Å². The summed E-state index contributed by atoms with van der Waals surface area (Å²) in [5.41, 5.74) is 6.88. The molecule has 0 spiro atoms. The Morgan fingerprint density at radius 3 is 2.65 bits per heavy atom. The van der Waals surface area contributed by atoms with Crippen LogP contribution in [-0.2, 0) is 0 Å².